The molecule has 0 saturated carbocycles. The maximum Gasteiger partial charge on any atom is 0.231 e. The normalized spacial score (nSPS) is 16.0. The zero-order valence-corrected chi connectivity index (χ0v) is 13.7. The molecular weight excluding hydrogens is 314 g/mol. The van der Waals surface area contributed by atoms with Crippen molar-refractivity contribution in [2.24, 2.45) is 10.2 Å². The third-order valence-corrected chi connectivity index (χ3v) is 4.43. The van der Waals surface area contributed by atoms with Gasteiger partial charge in [-0.25, -0.2) is 9.67 Å². The molecule has 0 bridgehead atoms. The number of nitrogens with zero attached hydrogens (tertiary/aromatic N) is 6. The first-order valence-electron chi connectivity index (χ1n) is 7.20. The summed E-state index contributed by atoms with van der Waals surface area (Å²) in [4.78, 5) is 4.73. The lowest BCUT2D eigenvalue weighted by Gasteiger charge is -2.25. The quantitative estimate of drug-likeness (QED) is 0.736. The maximum atomic E-state index is 8.95. The van der Waals surface area contributed by atoms with E-state index in [0.717, 1.165) is 19.5 Å². The van der Waals surface area contributed by atoms with Gasteiger partial charge in [-0.3, -0.25) is 10.6 Å². The molecule has 0 aliphatic carbocycles. The van der Waals surface area contributed by atoms with Crippen LogP contribution in [-0.2, 0) is 0 Å². The summed E-state index contributed by atoms with van der Waals surface area (Å²) in [5, 5.41) is 28.7. The smallest absolute Gasteiger partial charge is 0.231 e. The third kappa shape index (κ3) is 3.07. The van der Waals surface area contributed by atoms with Crippen LogP contribution < -0.4 is 16.4 Å². The average Bonchev–Trinajstić information content (AvgIpc) is 3.06. The Hall–Kier alpha value is -2.35. The molecule has 0 aromatic carbocycles. The molecule has 1 fully saturated rings. The fourth-order valence-corrected chi connectivity index (χ4v) is 3.00. The van der Waals surface area contributed by atoms with Crippen molar-refractivity contribution in [1.29, 1.82) is 5.26 Å². The summed E-state index contributed by atoms with van der Waals surface area (Å²) in [5.74, 6) is 0.437. The molecule has 2 aromatic heterocycles. The lowest BCUT2D eigenvalue weighted by molar-refractivity contribution is 0.270. The summed E-state index contributed by atoms with van der Waals surface area (Å²) < 4.78 is 1.68. The molecule has 0 spiro atoms. The van der Waals surface area contributed by atoms with Gasteiger partial charge in [0.2, 0.25) is 5.13 Å². The first-order valence-corrected chi connectivity index (χ1v) is 8.02. The second kappa shape index (κ2) is 6.41. The van der Waals surface area contributed by atoms with Crippen molar-refractivity contribution >= 4 is 28.0 Å². The Bertz CT molecular complexity index is 776. The van der Waals surface area contributed by atoms with Gasteiger partial charge in [0, 0.05) is 0 Å². The minimum atomic E-state index is -0.140. The number of thiazole rings is 1. The molecule has 3 heterocycles. The van der Waals surface area contributed by atoms with Gasteiger partial charge in [0.1, 0.15) is 10.9 Å². The first kappa shape index (κ1) is 15.5. The summed E-state index contributed by atoms with van der Waals surface area (Å²) in [5.41, 5.74) is 8.02. The van der Waals surface area contributed by atoms with Gasteiger partial charge in [-0.15, -0.1) is 10.2 Å². The van der Waals surface area contributed by atoms with E-state index in [1.165, 1.54) is 11.3 Å². The monoisotopic (exact) mass is 331 g/mol. The molecule has 9 nitrogen and oxygen atoms in total. The first-order chi connectivity index (χ1) is 11.1. The SMILES string of the molecule is Cc1nc(N=Nc2c(C)nn(C3NCCCN3)c2N)sc1C#N. The number of nitrogen functional groups attached to an aromatic ring is 1. The molecule has 1 aliphatic heterocycles. The molecule has 4 N–H and O–H groups in total. The van der Waals surface area contributed by atoms with Crippen molar-refractivity contribution in [2.45, 2.75) is 26.6 Å². The van der Waals surface area contributed by atoms with Gasteiger partial charge >= 0.3 is 0 Å². The lowest BCUT2D eigenvalue weighted by atomic mass is 10.3. The standard InChI is InChI=1S/C13H17N9S/c1-7-9(6-14)23-13(18-7)20-19-10-8(2)21-22(11(10)15)12-16-4-3-5-17-12/h12,16-17H,3-5,15H2,1-2H3. The number of azo groups is 1. The van der Waals surface area contributed by atoms with Crippen LogP contribution >= 0.6 is 11.3 Å². The van der Waals surface area contributed by atoms with E-state index in [1.54, 1.807) is 11.6 Å². The number of anilines is 1. The van der Waals surface area contributed by atoms with Gasteiger partial charge in [-0.05, 0) is 33.4 Å². The van der Waals surface area contributed by atoms with E-state index in [1.807, 2.05) is 6.92 Å². The van der Waals surface area contributed by atoms with Crippen molar-refractivity contribution in [1.82, 2.24) is 25.4 Å². The zero-order chi connectivity index (χ0) is 16.4. The summed E-state index contributed by atoms with van der Waals surface area (Å²) in [7, 11) is 0. The summed E-state index contributed by atoms with van der Waals surface area (Å²) in [6.45, 7) is 5.41. The van der Waals surface area contributed by atoms with Gasteiger partial charge in [-0.2, -0.15) is 10.4 Å². The van der Waals surface area contributed by atoms with Crippen molar-refractivity contribution in [2.75, 3.05) is 18.8 Å². The van der Waals surface area contributed by atoms with Crippen LogP contribution in [0, 0.1) is 25.2 Å². The summed E-state index contributed by atoms with van der Waals surface area (Å²) >= 11 is 1.20. The van der Waals surface area contributed by atoms with Gasteiger partial charge in [-0.1, -0.05) is 11.3 Å². The van der Waals surface area contributed by atoms with E-state index >= 15 is 0 Å². The van der Waals surface area contributed by atoms with E-state index in [4.69, 9.17) is 11.0 Å². The van der Waals surface area contributed by atoms with Gasteiger partial charge in [0.05, 0.1) is 11.4 Å². The van der Waals surface area contributed by atoms with E-state index in [-0.39, 0.29) is 6.29 Å². The Morgan fingerprint density at radius 3 is 2.70 bits per heavy atom. The summed E-state index contributed by atoms with van der Waals surface area (Å²) in [6, 6.07) is 2.08. The molecule has 0 atom stereocenters. The Balaban J connectivity index is 1.86. The molecule has 0 radical (unpaired) electrons. The van der Waals surface area contributed by atoms with E-state index in [0.29, 0.717) is 32.9 Å². The van der Waals surface area contributed by atoms with Crippen molar-refractivity contribution in [3.63, 3.8) is 0 Å². The lowest BCUT2D eigenvalue weighted by Crippen LogP contribution is -2.45. The number of aryl methyl sites for hydroxylation is 2. The van der Waals surface area contributed by atoms with E-state index in [9.17, 15) is 0 Å². The van der Waals surface area contributed by atoms with Gasteiger partial charge in [0.25, 0.3) is 0 Å². The van der Waals surface area contributed by atoms with Crippen LogP contribution in [0.3, 0.4) is 0 Å². The van der Waals surface area contributed by atoms with Crippen molar-refractivity contribution < 1.29 is 0 Å². The van der Waals surface area contributed by atoms with Crippen LogP contribution in [0.25, 0.3) is 0 Å². The molecule has 23 heavy (non-hydrogen) atoms. The van der Waals surface area contributed by atoms with Crippen LogP contribution in [0.15, 0.2) is 10.2 Å². The van der Waals surface area contributed by atoms with Crippen LogP contribution in [0.4, 0.5) is 16.6 Å². The molecule has 2 aromatic rings. The Morgan fingerprint density at radius 2 is 2.04 bits per heavy atom. The predicted molar refractivity (Wildman–Crippen MR) is 86.8 cm³/mol. The number of aromatic nitrogens is 3. The number of nitrogens with one attached hydrogen (secondary N) is 2. The average molecular weight is 331 g/mol. The largest absolute Gasteiger partial charge is 0.382 e. The molecule has 0 unspecified atom stereocenters. The van der Waals surface area contributed by atoms with Crippen molar-refractivity contribution in [3.05, 3.63) is 16.3 Å². The molecule has 1 aliphatic rings. The van der Waals surface area contributed by atoms with Crippen molar-refractivity contribution in [3.8, 4) is 6.07 Å². The molecule has 3 rings (SSSR count). The Kier molecular flexibility index (Phi) is 4.33. The number of nitrogens with two attached hydrogens (primary N) is 1. The van der Waals surface area contributed by atoms with E-state index in [2.05, 4.69) is 37.0 Å². The zero-order valence-electron chi connectivity index (χ0n) is 12.9. The minimum absolute atomic E-state index is 0.140. The van der Waals surface area contributed by atoms with Crippen LogP contribution in [-0.4, -0.2) is 27.9 Å². The molecule has 0 amide bonds. The minimum Gasteiger partial charge on any atom is -0.382 e. The Labute approximate surface area is 137 Å². The molecular formula is C13H17N9S. The number of nitriles is 1. The topological polar surface area (TPSA) is 129 Å². The second-order valence-electron chi connectivity index (χ2n) is 5.15. The van der Waals surface area contributed by atoms with Crippen LogP contribution in [0.1, 0.15) is 29.0 Å². The highest BCUT2D eigenvalue weighted by molar-refractivity contribution is 7.15. The predicted octanol–water partition coefficient (Wildman–Crippen LogP) is 1.86. The highest BCUT2D eigenvalue weighted by Gasteiger charge is 2.21. The fraction of sp³-hybridized carbons (Fsp3) is 0.462. The summed E-state index contributed by atoms with van der Waals surface area (Å²) in [6.07, 6.45) is 0.923. The number of hydrogen-bond donors (Lipinski definition) is 3. The van der Waals surface area contributed by atoms with E-state index < -0.39 is 0 Å². The Morgan fingerprint density at radius 1 is 1.30 bits per heavy atom. The second-order valence-corrected chi connectivity index (χ2v) is 6.13. The van der Waals surface area contributed by atoms with Crippen LogP contribution in [0.5, 0.6) is 0 Å². The number of rotatable bonds is 3. The highest BCUT2D eigenvalue weighted by Crippen LogP contribution is 2.31. The highest BCUT2D eigenvalue weighted by atomic mass is 32.1. The van der Waals surface area contributed by atoms with Gasteiger partial charge in [0.15, 0.2) is 17.8 Å². The maximum absolute atomic E-state index is 8.95. The third-order valence-electron chi connectivity index (χ3n) is 3.49. The molecule has 1 saturated heterocycles. The number of hydrogen-bond acceptors (Lipinski definition) is 9. The molecule has 120 valence electrons. The molecule has 10 heteroatoms. The van der Waals surface area contributed by atoms with Crippen LogP contribution in [0.2, 0.25) is 0 Å². The van der Waals surface area contributed by atoms with Gasteiger partial charge < -0.3 is 5.73 Å². The fourth-order valence-electron chi connectivity index (χ4n) is 2.31.